The molecule has 148 valence electrons. The lowest BCUT2D eigenvalue weighted by Gasteiger charge is -2.41. The lowest BCUT2D eigenvalue weighted by Crippen LogP contribution is -2.44. The van der Waals surface area contributed by atoms with Gasteiger partial charge in [0.2, 0.25) is 0 Å². The van der Waals surface area contributed by atoms with E-state index in [1.807, 2.05) is 14.1 Å². The minimum Gasteiger partial charge on any atom is -0.345 e. The lowest BCUT2D eigenvalue weighted by molar-refractivity contribution is -0.122. The van der Waals surface area contributed by atoms with Gasteiger partial charge in [-0.05, 0) is 74.1 Å². The fourth-order valence-electron chi connectivity index (χ4n) is 6.12. The average Bonchev–Trinajstić information content (AvgIpc) is 3.25. The summed E-state index contributed by atoms with van der Waals surface area (Å²) in [5, 5.41) is 0. The van der Waals surface area contributed by atoms with Crippen molar-refractivity contribution in [3.8, 4) is 0 Å². The SMILES string of the molecule is CN(C)C(=O)C1=CC2(CCN(CC3CCC4C=CC3C4)CC2)c2ccccc21. The van der Waals surface area contributed by atoms with Crippen molar-refractivity contribution in [2.75, 3.05) is 33.7 Å². The molecular formula is C25H32N2O. The van der Waals surface area contributed by atoms with E-state index in [0.29, 0.717) is 0 Å². The molecule has 3 atom stereocenters. The number of likely N-dealkylation sites (tertiary alicyclic amines) is 1. The Morgan fingerprint density at radius 2 is 1.93 bits per heavy atom. The van der Waals surface area contributed by atoms with Crippen LogP contribution in [0.15, 0.2) is 42.5 Å². The highest BCUT2D eigenvalue weighted by Crippen LogP contribution is 2.48. The Morgan fingerprint density at radius 1 is 1.14 bits per heavy atom. The number of carbonyl (C=O) groups excluding carboxylic acids is 1. The Morgan fingerprint density at radius 3 is 2.71 bits per heavy atom. The zero-order chi connectivity index (χ0) is 19.3. The van der Waals surface area contributed by atoms with E-state index in [0.717, 1.165) is 54.8 Å². The highest BCUT2D eigenvalue weighted by molar-refractivity contribution is 6.21. The van der Waals surface area contributed by atoms with Gasteiger partial charge >= 0.3 is 0 Å². The summed E-state index contributed by atoms with van der Waals surface area (Å²) < 4.78 is 0. The van der Waals surface area contributed by atoms with E-state index >= 15 is 0 Å². The number of benzene rings is 1. The number of nitrogens with zero attached hydrogens (tertiary/aromatic N) is 2. The predicted molar refractivity (Wildman–Crippen MR) is 114 cm³/mol. The first-order chi connectivity index (χ1) is 13.6. The Hall–Kier alpha value is -1.87. The van der Waals surface area contributed by atoms with Crippen molar-refractivity contribution in [3.63, 3.8) is 0 Å². The van der Waals surface area contributed by atoms with Crippen molar-refractivity contribution in [2.24, 2.45) is 17.8 Å². The van der Waals surface area contributed by atoms with Gasteiger partial charge in [-0.2, -0.15) is 0 Å². The molecular weight excluding hydrogens is 344 g/mol. The van der Waals surface area contributed by atoms with Crippen LogP contribution in [0.1, 0.15) is 43.2 Å². The molecule has 1 aromatic carbocycles. The van der Waals surface area contributed by atoms with E-state index in [4.69, 9.17) is 0 Å². The maximum atomic E-state index is 12.8. The molecule has 4 aliphatic rings. The third-order valence-corrected chi connectivity index (χ3v) is 7.77. The number of carbonyl (C=O) groups is 1. The molecule has 3 unspecified atom stereocenters. The van der Waals surface area contributed by atoms with Gasteiger partial charge in [-0.3, -0.25) is 4.79 Å². The van der Waals surface area contributed by atoms with Crippen LogP contribution in [-0.4, -0.2) is 49.4 Å². The summed E-state index contributed by atoms with van der Waals surface area (Å²) >= 11 is 0. The van der Waals surface area contributed by atoms with Gasteiger partial charge in [0.1, 0.15) is 0 Å². The second-order valence-corrected chi connectivity index (χ2v) is 9.64. The lowest BCUT2D eigenvalue weighted by atomic mass is 9.74. The van der Waals surface area contributed by atoms with Gasteiger partial charge in [0.25, 0.3) is 5.91 Å². The van der Waals surface area contributed by atoms with Crippen molar-refractivity contribution in [1.82, 2.24) is 9.80 Å². The average molecular weight is 377 g/mol. The minimum absolute atomic E-state index is 0.0546. The molecule has 0 radical (unpaired) electrons. The molecule has 1 heterocycles. The quantitative estimate of drug-likeness (QED) is 0.741. The molecule has 5 rings (SSSR count). The number of likely N-dealkylation sites (N-methyl/N-ethyl adjacent to an activating group) is 1. The van der Waals surface area contributed by atoms with Crippen molar-refractivity contribution >= 4 is 11.5 Å². The number of amides is 1. The van der Waals surface area contributed by atoms with Gasteiger partial charge in [-0.25, -0.2) is 0 Å². The van der Waals surface area contributed by atoms with Crippen LogP contribution in [-0.2, 0) is 10.2 Å². The van der Waals surface area contributed by atoms with Gasteiger partial charge in [-0.1, -0.05) is 42.5 Å². The molecule has 0 N–H and O–H groups in total. The van der Waals surface area contributed by atoms with Gasteiger partial charge in [0.15, 0.2) is 0 Å². The maximum Gasteiger partial charge on any atom is 0.253 e. The molecule has 0 aromatic heterocycles. The van der Waals surface area contributed by atoms with Crippen molar-refractivity contribution < 1.29 is 4.79 Å². The Kier molecular flexibility index (Phi) is 4.46. The predicted octanol–water partition coefficient (Wildman–Crippen LogP) is 4.11. The molecule has 1 saturated heterocycles. The third kappa shape index (κ3) is 2.95. The van der Waals surface area contributed by atoms with E-state index in [9.17, 15) is 4.79 Å². The number of rotatable bonds is 3. The number of allylic oxidation sites excluding steroid dienone is 3. The van der Waals surface area contributed by atoms with Gasteiger partial charge in [-0.15, -0.1) is 0 Å². The number of piperidine rings is 1. The van der Waals surface area contributed by atoms with Crippen LogP contribution in [0.5, 0.6) is 0 Å². The maximum absolute atomic E-state index is 12.8. The summed E-state index contributed by atoms with van der Waals surface area (Å²) in [6.07, 6.45) is 13.7. The summed E-state index contributed by atoms with van der Waals surface area (Å²) in [5.41, 5.74) is 3.49. The first-order valence-corrected chi connectivity index (χ1v) is 11.0. The molecule has 3 heteroatoms. The molecule has 1 saturated carbocycles. The smallest absolute Gasteiger partial charge is 0.253 e. The molecule has 1 aliphatic heterocycles. The van der Waals surface area contributed by atoms with Crippen molar-refractivity contribution in [2.45, 2.75) is 37.5 Å². The zero-order valence-corrected chi connectivity index (χ0v) is 17.2. The molecule has 3 aliphatic carbocycles. The molecule has 2 fully saturated rings. The van der Waals surface area contributed by atoms with Crippen LogP contribution in [0.25, 0.3) is 5.57 Å². The fourth-order valence-corrected chi connectivity index (χ4v) is 6.12. The molecule has 2 bridgehead atoms. The topological polar surface area (TPSA) is 23.6 Å². The summed E-state index contributed by atoms with van der Waals surface area (Å²) in [6, 6.07) is 8.58. The van der Waals surface area contributed by atoms with Crippen LogP contribution in [0, 0.1) is 17.8 Å². The van der Waals surface area contributed by atoms with Crippen LogP contribution in [0.3, 0.4) is 0 Å². The van der Waals surface area contributed by atoms with Gasteiger partial charge in [0, 0.05) is 31.6 Å². The molecule has 1 spiro atoms. The fraction of sp³-hybridized carbons (Fsp3) is 0.560. The second-order valence-electron chi connectivity index (χ2n) is 9.64. The zero-order valence-electron chi connectivity index (χ0n) is 17.2. The van der Waals surface area contributed by atoms with E-state index in [1.165, 1.54) is 31.4 Å². The standard InChI is InChI=1S/C25H32N2O/c1-26(2)24(28)22-16-25(23-6-4-3-5-21(22)23)11-13-27(14-12-25)17-20-10-8-18-7-9-19(20)15-18/h3-7,9,16,18-20H,8,10-15,17H2,1-2H3. The van der Waals surface area contributed by atoms with Crippen LogP contribution < -0.4 is 0 Å². The first-order valence-electron chi connectivity index (χ1n) is 11.0. The highest BCUT2D eigenvalue weighted by atomic mass is 16.2. The molecule has 3 nitrogen and oxygen atoms in total. The van der Waals surface area contributed by atoms with Crippen molar-refractivity contribution in [3.05, 3.63) is 53.6 Å². The summed E-state index contributed by atoms with van der Waals surface area (Å²) in [4.78, 5) is 17.2. The Balaban J connectivity index is 1.32. The summed E-state index contributed by atoms with van der Waals surface area (Å²) in [5.74, 6) is 2.68. The number of hydrogen-bond donors (Lipinski definition) is 0. The van der Waals surface area contributed by atoms with Gasteiger partial charge in [0.05, 0.1) is 0 Å². The number of fused-ring (bicyclic) bond motifs is 4. The van der Waals surface area contributed by atoms with Crippen LogP contribution >= 0.6 is 0 Å². The van der Waals surface area contributed by atoms with E-state index in [1.54, 1.807) is 4.90 Å². The van der Waals surface area contributed by atoms with Crippen molar-refractivity contribution in [1.29, 1.82) is 0 Å². The van der Waals surface area contributed by atoms with Crippen LogP contribution in [0.2, 0.25) is 0 Å². The van der Waals surface area contributed by atoms with Crippen LogP contribution in [0.4, 0.5) is 0 Å². The summed E-state index contributed by atoms with van der Waals surface area (Å²) in [7, 11) is 3.71. The number of hydrogen-bond acceptors (Lipinski definition) is 2. The van der Waals surface area contributed by atoms with E-state index in [2.05, 4.69) is 47.4 Å². The minimum atomic E-state index is 0.0546. The summed E-state index contributed by atoms with van der Waals surface area (Å²) in [6.45, 7) is 3.54. The monoisotopic (exact) mass is 376 g/mol. The first kappa shape index (κ1) is 18.2. The highest BCUT2D eigenvalue weighted by Gasteiger charge is 2.43. The van der Waals surface area contributed by atoms with E-state index in [-0.39, 0.29) is 11.3 Å². The molecule has 1 aromatic rings. The van der Waals surface area contributed by atoms with E-state index < -0.39 is 0 Å². The molecule has 28 heavy (non-hydrogen) atoms. The Labute approximate surface area is 169 Å². The normalized spacial score (nSPS) is 30.4. The second kappa shape index (κ2) is 6.88. The largest absolute Gasteiger partial charge is 0.345 e. The third-order valence-electron chi connectivity index (χ3n) is 7.77. The molecule has 1 amide bonds. The van der Waals surface area contributed by atoms with Gasteiger partial charge < -0.3 is 9.80 Å². The Bertz CT molecular complexity index is 829.